The molecule has 0 amide bonds. The van der Waals surface area contributed by atoms with E-state index in [2.05, 4.69) is 5.48 Å². The smallest absolute Gasteiger partial charge is 0.187 e. The van der Waals surface area contributed by atoms with Crippen molar-refractivity contribution in [3.05, 3.63) is 65.5 Å². The van der Waals surface area contributed by atoms with Crippen LogP contribution in [0.4, 0.5) is 18.9 Å². The molecule has 0 radical (unpaired) electrons. The van der Waals surface area contributed by atoms with Crippen molar-refractivity contribution in [3.63, 3.8) is 0 Å². The van der Waals surface area contributed by atoms with Gasteiger partial charge in [0, 0.05) is 0 Å². The van der Waals surface area contributed by atoms with Gasteiger partial charge in [-0.25, -0.2) is 13.2 Å². The molecule has 2 nitrogen and oxygen atoms in total. The van der Waals surface area contributed by atoms with Gasteiger partial charge < -0.3 is 0 Å². The average molecular weight is 253 g/mol. The van der Waals surface area contributed by atoms with Crippen LogP contribution >= 0.6 is 0 Å². The number of hydrogen-bond donors (Lipinski definition) is 1. The Hall–Kier alpha value is -2.01. The first kappa shape index (κ1) is 12.4. The molecule has 0 aliphatic heterocycles. The predicted molar refractivity (Wildman–Crippen MR) is 61.2 cm³/mol. The van der Waals surface area contributed by atoms with E-state index in [1.165, 1.54) is 0 Å². The van der Waals surface area contributed by atoms with Crippen LogP contribution in [0.1, 0.15) is 5.56 Å². The van der Waals surface area contributed by atoms with Gasteiger partial charge in [-0.1, -0.05) is 30.3 Å². The molecular weight excluding hydrogens is 243 g/mol. The van der Waals surface area contributed by atoms with Crippen molar-refractivity contribution in [3.8, 4) is 0 Å². The maximum atomic E-state index is 13.2. The summed E-state index contributed by atoms with van der Waals surface area (Å²) in [7, 11) is 0. The average Bonchev–Trinajstić information content (AvgIpc) is 2.39. The summed E-state index contributed by atoms with van der Waals surface area (Å²) in [6.45, 7) is 0.107. The zero-order valence-corrected chi connectivity index (χ0v) is 9.29. The van der Waals surface area contributed by atoms with E-state index in [0.29, 0.717) is 6.07 Å². The van der Waals surface area contributed by atoms with Gasteiger partial charge in [0.25, 0.3) is 0 Å². The molecule has 18 heavy (non-hydrogen) atoms. The molecule has 0 aliphatic rings. The lowest BCUT2D eigenvalue weighted by molar-refractivity contribution is 0.177. The minimum absolute atomic E-state index is 0.107. The maximum Gasteiger partial charge on any atom is 0.187 e. The highest BCUT2D eigenvalue weighted by molar-refractivity contribution is 5.44. The highest BCUT2D eigenvalue weighted by Gasteiger charge is 2.13. The molecule has 1 N–H and O–H groups in total. The molecule has 0 saturated heterocycles. The second-order valence-corrected chi connectivity index (χ2v) is 3.59. The van der Waals surface area contributed by atoms with Crippen molar-refractivity contribution in [1.82, 2.24) is 0 Å². The summed E-state index contributed by atoms with van der Waals surface area (Å²) >= 11 is 0. The summed E-state index contributed by atoms with van der Waals surface area (Å²) in [4.78, 5) is 4.93. The Morgan fingerprint density at radius 3 is 2.28 bits per heavy atom. The Morgan fingerprint density at radius 2 is 1.56 bits per heavy atom. The van der Waals surface area contributed by atoms with Gasteiger partial charge in [-0.15, -0.1) is 0 Å². The minimum atomic E-state index is -1.30. The van der Waals surface area contributed by atoms with E-state index in [9.17, 15) is 13.2 Å². The molecule has 2 aromatic rings. The number of hydrogen-bond acceptors (Lipinski definition) is 2. The van der Waals surface area contributed by atoms with Crippen LogP contribution in [0.15, 0.2) is 42.5 Å². The van der Waals surface area contributed by atoms with E-state index < -0.39 is 23.1 Å². The van der Waals surface area contributed by atoms with Crippen LogP contribution in [0.5, 0.6) is 0 Å². The monoisotopic (exact) mass is 253 g/mol. The summed E-state index contributed by atoms with van der Waals surface area (Å²) in [6.07, 6.45) is 0. The summed E-state index contributed by atoms with van der Waals surface area (Å²) in [5, 5.41) is 0. The van der Waals surface area contributed by atoms with Gasteiger partial charge in [0.2, 0.25) is 0 Å². The Labute approximate surface area is 102 Å². The van der Waals surface area contributed by atoms with Crippen LogP contribution in [-0.4, -0.2) is 0 Å². The molecule has 2 aromatic carbocycles. The fourth-order valence-electron chi connectivity index (χ4n) is 1.39. The minimum Gasteiger partial charge on any atom is -0.271 e. The topological polar surface area (TPSA) is 21.3 Å². The van der Waals surface area contributed by atoms with E-state index in [0.717, 1.165) is 11.6 Å². The molecule has 0 aromatic heterocycles. The van der Waals surface area contributed by atoms with Crippen LogP contribution in [0.25, 0.3) is 0 Å². The van der Waals surface area contributed by atoms with Crippen molar-refractivity contribution in [2.75, 3.05) is 5.48 Å². The van der Waals surface area contributed by atoms with E-state index in [1.807, 2.05) is 18.2 Å². The van der Waals surface area contributed by atoms with E-state index in [4.69, 9.17) is 4.84 Å². The first-order valence-corrected chi connectivity index (χ1v) is 5.23. The molecule has 0 spiro atoms. The Kier molecular flexibility index (Phi) is 3.84. The van der Waals surface area contributed by atoms with Crippen molar-refractivity contribution < 1.29 is 18.0 Å². The van der Waals surface area contributed by atoms with Gasteiger partial charge in [0.05, 0.1) is 6.61 Å². The van der Waals surface area contributed by atoms with Crippen molar-refractivity contribution in [2.24, 2.45) is 0 Å². The van der Waals surface area contributed by atoms with Crippen LogP contribution in [0, 0.1) is 17.5 Å². The van der Waals surface area contributed by atoms with Crippen LogP contribution < -0.4 is 5.48 Å². The fourth-order valence-corrected chi connectivity index (χ4v) is 1.39. The van der Waals surface area contributed by atoms with Gasteiger partial charge in [0.15, 0.2) is 17.5 Å². The SMILES string of the molecule is Fc1ccc(F)c(NOCc2ccccc2)c1F. The highest BCUT2D eigenvalue weighted by Crippen LogP contribution is 2.21. The molecule has 0 heterocycles. The van der Waals surface area contributed by atoms with E-state index in [-0.39, 0.29) is 6.61 Å². The zero-order chi connectivity index (χ0) is 13.0. The molecule has 2 rings (SSSR count). The first-order valence-electron chi connectivity index (χ1n) is 5.23. The van der Waals surface area contributed by atoms with Gasteiger partial charge in [-0.3, -0.25) is 10.3 Å². The number of anilines is 1. The summed E-state index contributed by atoms with van der Waals surface area (Å²) < 4.78 is 39.3. The summed E-state index contributed by atoms with van der Waals surface area (Å²) in [6, 6.07) is 10.6. The Balaban J connectivity index is 2.01. The molecule has 94 valence electrons. The van der Waals surface area contributed by atoms with E-state index in [1.54, 1.807) is 12.1 Å². The summed E-state index contributed by atoms with van der Waals surface area (Å²) in [5.74, 6) is -3.35. The molecular formula is C13H10F3NO. The number of halogens is 3. The molecule has 0 bridgehead atoms. The van der Waals surface area contributed by atoms with Crippen molar-refractivity contribution in [2.45, 2.75) is 6.61 Å². The number of nitrogens with one attached hydrogen (secondary N) is 1. The molecule has 0 unspecified atom stereocenters. The predicted octanol–water partition coefficient (Wildman–Crippen LogP) is 3.65. The van der Waals surface area contributed by atoms with Crippen LogP contribution in [0.3, 0.4) is 0 Å². The van der Waals surface area contributed by atoms with Gasteiger partial charge in [-0.2, -0.15) is 0 Å². The second-order valence-electron chi connectivity index (χ2n) is 3.59. The first-order chi connectivity index (χ1) is 8.68. The van der Waals surface area contributed by atoms with Crippen LogP contribution in [-0.2, 0) is 11.4 Å². The highest BCUT2D eigenvalue weighted by atomic mass is 19.2. The standard InChI is InChI=1S/C13H10F3NO/c14-10-6-7-11(15)13(12(10)16)17-18-8-9-4-2-1-3-5-9/h1-7,17H,8H2. The number of rotatable bonds is 4. The molecule has 0 saturated carbocycles. The van der Waals surface area contributed by atoms with Gasteiger partial charge in [-0.05, 0) is 17.7 Å². The van der Waals surface area contributed by atoms with Crippen molar-refractivity contribution >= 4 is 5.69 Å². The third-order valence-corrected chi connectivity index (χ3v) is 2.30. The van der Waals surface area contributed by atoms with Gasteiger partial charge >= 0.3 is 0 Å². The van der Waals surface area contributed by atoms with Crippen molar-refractivity contribution in [1.29, 1.82) is 0 Å². The van der Waals surface area contributed by atoms with Gasteiger partial charge in [0.1, 0.15) is 5.69 Å². The zero-order valence-electron chi connectivity index (χ0n) is 9.29. The van der Waals surface area contributed by atoms with Crippen LogP contribution in [0.2, 0.25) is 0 Å². The fraction of sp³-hybridized carbons (Fsp3) is 0.0769. The third kappa shape index (κ3) is 2.81. The van der Waals surface area contributed by atoms with E-state index >= 15 is 0 Å². The molecule has 5 heteroatoms. The molecule has 0 aliphatic carbocycles. The second kappa shape index (κ2) is 5.55. The normalized spacial score (nSPS) is 10.4. The lowest BCUT2D eigenvalue weighted by Crippen LogP contribution is -2.06. The Bertz CT molecular complexity index is 531. The largest absolute Gasteiger partial charge is 0.271 e. The maximum absolute atomic E-state index is 13.2. The lowest BCUT2D eigenvalue weighted by Gasteiger charge is -2.09. The molecule has 0 atom stereocenters. The third-order valence-electron chi connectivity index (χ3n) is 2.30. The lowest BCUT2D eigenvalue weighted by atomic mass is 10.2. The number of benzene rings is 2. The Morgan fingerprint density at radius 1 is 0.889 bits per heavy atom. The molecule has 0 fully saturated rings. The quantitative estimate of drug-likeness (QED) is 0.663. The summed E-state index contributed by atoms with van der Waals surface area (Å²) in [5.41, 5.74) is 2.27.